The van der Waals surface area contributed by atoms with Crippen molar-refractivity contribution < 1.29 is 87.9 Å². The van der Waals surface area contributed by atoms with E-state index in [1.165, 1.54) is 68.5 Å². The third kappa shape index (κ3) is 15.0. The number of ether oxygens (including phenoxy) is 2. The number of benzene rings is 6. The van der Waals surface area contributed by atoms with E-state index in [0.29, 0.717) is 52.7 Å². The zero-order chi connectivity index (χ0) is 98.4. The first-order valence-corrected chi connectivity index (χ1v) is 44.3. The Kier molecular flexibility index (Phi) is 24.9. The van der Waals surface area contributed by atoms with Gasteiger partial charge in [0.25, 0.3) is 17.0 Å². The minimum absolute atomic E-state index is 0.0121. The van der Waals surface area contributed by atoms with Gasteiger partial charge in [-0.15, -0.1) is 0 Å². The van der Waals surface area contributed by atoms with E-state index in [9.17, 15) is 44.1 Å². The van der Waals surface area contributed by atoms with Crippen LogP contribution < -0.4 is 40.2 Å². The van der Waals surface area contributed by atoms with Crippen molar-refractivity contribution in [3.05, 3.63) is 259 Å². The number of carbonyl (C=O) groups is 4. The fourth-order valence-electron chi connectivity index (χ4n) is 19.8. The smallest absolute Gasteiger partial charge is 0.300 e. The van der Waals surface area contributed by atoms with Crippen molar-refractivity contribution in [2.45, 2.75) is 150 Å². The number of nitrogens with zero attached hydrogens (tertiary/aromatic N) is 13. The van der Waals surface area contributed by atoms with Gasteiger partial charge in [0.15, 0.2) is 34.1 Å². The van der Waals surface area contributed by atoms with E-state index in [0.717, 1.165) is 75.4 Å². The number of fused-ring (bicyclic) bond motifs is 15. The van der Waals surface area contributed by atoms with Crippen molar-refractivity contribution in [1.29, 1.82) is 0 Å². The number of rotatable bonds is 12. The molecular weight excluding hydrogens is 1790 g/mol. The Labute approximate surface area is 779 Å². The molecule has 6 aliphatic rings. The predicted octanol–water partition coefficient (Wildman–Crippen LogP) is 18.4. The Morgan fingerprint density at radius 3 is 1.30 bits per heavy atom. The zero-order valence-corrected chi connectivity index (χ0v) is 77.3. The second-order valence-electron chi connectivity index (χ2n) is 35.9. The summed E-state index contributed by atoms with van der Waals surface area (Å²) in [5.74, 6) is -14.7. The van der Waals surface area contributed by atoms with E-state index >= 15 is 43.9 Å². The maximum atomic E-state index is 17.3. The Balaban J connectivity index is 0.000000148. The quantitative estimate of drug-likeness (QED) is 0.0444. The summed E-state index contributed by atoms with van der Waals surface area (Å²) < 4.78 is 178. The molecule has 706 valence electrons. The number of aromatic nitrogens is 6. The van der Waals surface area contributed by atoms with Gasteiger partial charge in [-0.3, -0.25) is 57.4 Å². The average Bonchev–Trinajstić information content (AvgIpc) is 0.693. The SMILES string of the molecule is C=CC(=O)N1CC2(C)C(=O)N(C)c3c(c4cc(F)c(-c5c(O)cccc5F)c(F)c4n(-c4c(C)ccnc4C(C)C)c3=O)N2CC1C.C=CC(=O)N1CC2COc3c(c4cc(F)c(-c5c(O)cccc5F)c(F)c4n(-c4c(C)ccnc4C(C)C)c3=O)N2C(F)C1C.C=CC(=O)N1CC2COc3c(c4cc(F)c(-c5c(O)cccc5F)c(F)c4n(-c4c(C)ccnc4C(C)C)c3=S)N2CC1C. The summed E-state index contributed by atoms with van der Waals surface area (Å²) in [5, 5.41) is 31.5. The van der Waals surface area contributed by atoms with Crippen molar-refractivity contribution in [3.8, 4) is 79.2 Å². The molecule has 12 heterocycles. The van der Waals surface area contributed by atoms with E-state index < -0.39 is 161 Å². The molecule has 0 bridgehead atoms. The van der Waals surface area contributed by atoms with Crippen molar-refractivity contribution >= 4 is 91.3 Å². The van der Waals surface area contributed by atoms with E-state index in [1.54, 1.807) is 74.3 Å². The number of pyridine rings is 6. The van der Waals surface area contributed by atoms with Gasteiger partial charge in [-0.05, 0) is 174 Å². The normalized spacial score (nSPS) is 18.8. The number of aromatic hydroxyl groups is 3. The van der Waals surface area contributed by atoms with E-state index in [4.69, 9.17) is 21.7 Å². The summed E-state index contributed by atoms with van der Waals surface area (Å²) >= 11 is 6.03. The second-order valence-corrected chi connectivity index (χ2v) is 36.3. The molecular formula is C101H95F10N13O11S. The Hall–Kier alpha value is -14.4. The molecule has 12 aromatic rings. The van der Waals surface area contributed by atoms with Gasteiger partial charge in [-0.1, -0.05) is 91.7 Å². The Morgan fingerprint density at radius 1 is 0.478 bits per heavy atom. The van der Waals surface area contributed by atoms with Crippen LogP contribution in [0.4, 0.5) is 66.7 Å². The topological polar surface area (TPSA) is 258 Å². The largest absolute Gasteiger partial charge is 0.507 e. The molecule has 0 radical (unpaired) electrons. The van der Waals surface area contributed by atoms with Gasteiger partial charge in [0, 0.05) is 80.1 Å². The number of piperazine rings is 3. The summed E-state index contributed by atoms with van der Waals surface area (Å²) in [6.07, 6.45) is 6.34. The van der Waals surface area contributed by atoms with Crippen LogP contribution in [0.25, 0.3) is 83.2 Å². The first kappa shape index (κ1) is 94.8. The highest BCUT2D eigenvalue weighted by molar-refractivity contribution is 7.71. The summed E-state index contributed by atoms with van der Waals surface area (Å²) in [4.78, 5) is 105. The number of amides is 4. The van der Waals surface area contributed by atoms with Crippen LogP contribution >= 0.6 is 12.2 Å². The summed E-state index contributed by atoms with van der Waals surface area (Å²) in [5.41, 5.74) is -4.13. The predicted molar refractivity (Wildman–Crippen MR) is 501 cm³/mol. The van der Waals surface area contributed by atoms with Crippen molar-refractivity contribution in [3.63, 3.8) is 0 Å². The molecule has 0 spiro atoms. The third-order valence-electron chi connectivity index (χ3n) is 26.3. The van der Waals surface area contributed by atoms with Crippen LogP contribution in [0.2, 0.25) is 0 Å². The number of hydrogen-bond acceptors (Lipinski definition) is 18. The molecule has 0 saturated carbocycles. The van der Waals surface area contributed by atoms with Crippen LogP contribution in [0, 0.1) is 77.8 Å². The van der Waals surface area contributed by atoms with Gasteiger partial charge in [-0.2, -0.15) is 0 Å². The molecule has 7 unspecified atom stereocenters. The van der Waals surface area contributed by atoms with Crippen molar-refractivity contribution in [2.24, 2.45) is 0 Å². The fourth-order valence-corrected chi connectivity index (χ4v) is 20.2. The molecule has 4 amide bonds. The van der Waals surface area contributed by atoms with Crippen LogP contribution in [0.3, 0.4) is 0 Å². The van der Waals surface area contributed by atoms with Crippen LogP contribution in [-0.2, 0) is 19.2 Å². The molecule has 3 N–H and O–H groups in total. The molecule has 6 aliphatic heterocycles. The van der Waals surface area contributed by atoms with Gasteiger partial charge >= 0.3 is 0 Å². The maximum Gasteiger partial charge on any atom is 0.300 e. The minimum Gasteiger partial charge on any atom is -0.507 e. The summed E-state index contributed by atoms with van der Waals surface area (Å²) in [7, 11) is 1.41. The lowest BCUT2D eigenvalue weighted by Crippen LogP contribution is -2.73. The molecule has 136 heavy (non-hydrogen) atoms. The van der Waals surface area contributed by atoms with E-state index in [-0.39, 0.29) is 146 Å². The first-order valence-electron chi connectivity index (χ1n) is 43.9. The molecule has 35 heteroatoms. The standard InChI is InChI=1S/C35H34F3N5O4.C33H30F4N4O4.C33H31F3N4O3S/c1-8-24(45)41-16-35(6)34(47)40(7)32-31(42(35)15-19(41)5)20-14-22(37)26(25-21(36)10-9-11-23(25)44)27(38)30(20)43(33(32)46)29-18(4)12-13-39-28(29)17(2)3;1-6-23(43)39-13-18-14-45-31-30(40(18)32(37)17(39)5)19-12-21(35)25(24-20(34)8-7-9-22(24)42)26(36)29(19)41(33(31)44)28-16(4)10-11-38-27(28)15(2)3;1-6-24(42)38-14-19-15-43-32-31(39(19)13-18(38)5)20-12-22(35)26(25-21(34)8-7-9-23(25)41)27(36)30(20)40(33(32)44)29-17(4)10-11-37-28(29)16(2)3/h8-14,17,19,44H,1,15-16H2,2-7H3;6-12,15,17-18,32,42H,1,13-14H2,2-5H3;6-12,16,18-19,41H,1,13-15H2,2-5H3. The number of anilines is 4. The van der Waals surface area contributed by atoms with Crippen molar-refractivity contribution in [2.75, 3.05) is 72.6 Å². The second kappa shape index (κ2) is 35.8. The number of likely N-dealkylation sites (N-methyl/N-ethyl adjacent to an activating group) is 1. The van der Waals surface area contributed by atoms with Crippen LogP contribution in [0.15, 0.2) is 157 Å². The van der Waals surface area contributed by atoms with Crippen LogP contribution in [0.5, 0.6) is 28.7 Å². The van der Waals surface area contributed by atoms with Crippen LogP contribution in [-0.4, -0.2) is 177 Å². The molecule has 3 saturated heterocycles. The van der Waals surface area contributed by atoms with Gasteiger partial charge in [0.05, 0.1) is 126 Å². The summed E-state index contributed by atoms with van der Waals surface area (Å²) in [6.45, 7) is 34.5. The monoisotopic (exact) mass is 1890 g/mol. The van der Waals surface area contributed by atoms with Crippen molar-refractivity contribution in [1.82, 2.24) is 43.4 Å². The number of phenols is 3. The van der Waals surface area contributed by atoms with E-state index in [2.05, 4.69) is 34.7 Å². The van der Waals surface area contributed by atoms with Gasteiger partial charge in [0.1, 0.15) is 76.6 Å². The number of phenolic OH excluding ortho intramolecular Hbond substituents is 3. The highest BCUT2D eigenvalue weighted by atomic mass is 32.1. The molecule has 7 atom stereocenters. The Morgan fingerprint density at radius 2 is 0.860 bits per heavy atom. The highest BCUT2D eigenvalue weighted by Crippen LogP contribution is 2.54. The number of halogens is 10. The molecule has 6 aromatic heterocycles. The highest BCUT2D eigenvalue weighted by Gasteiger charge is 2.55. The lowest BCUT2D eigenvalue weighted by molar-refractivity contribution is -0.134. The lowest BCUT2D eigenvalue weighted by Gasteiger charge is -2.55. The van der Waals surface area contributed by atoms with Gasteiger partial charge < -0.3 is 59.1 Å². The molecule has 6 aromatic carbocycles. The molecule has 24 nitrogen and oxygen atoms in total. The van der Waals surface area contributed by atoms with E-state index in [1.807, 2.05) is 60.3 Å². The first-order chi connectivity index (χ1) is 64.5. The lowest BCUT2D eigenvalue weighted by atomic mass is 9.87. The molecule has 18 rings (SSSR count). The third-order valence-corrected chi connectivity index (χ3v) is 26.7. The molecule has 3 fully saturated rings. The summed E-state index contributed by atoms with van der Waals surface area (Å²) in [6, 6.07) is 15.1. The number of alkyl halides is 1. The zero-order valence-electron chi connectivity index (χ0n) is 76.5. The average molecular weight is 1890 g/mol. The minimum atomic E-state index is -1.90. The fraction of sp³-hybridized carbons (Fsp3) is 0.307. The molecule has 0 aliphatic carbocycles. The maximum absolute atomic E-state index is 17.3. The number of hydrogen-bond donors (Lipinski definition) is 3. The Bertz CT molecular complexity index is 7270. The number of carbonyl (C=O) groups excluding carboxylic acids is 4. The van der Waals surface area contributed by atoms with Gasteiger partial charge in [0.2, 0.25) is 23.5 Å². The van der Waals surface area contributed by atoms with Gasteiger partial charge in [-0.25, -0.2) is 43.9 Å². The number of aryl methyl sites for hydroxylation is 3. The van der Waals surface area contributed by atoms with Crippen LogP contribution in [0.1, 0.15) is 121 Å².